The number of nitrogens with two attached hydrogens (primary N) is 1. The summed E-state index contributed by atoms with van der Waals surface area (Å²) < 4.78 is 5.27. The summed E-state index contributed by atoms with van der Waals surface area (Å²) >= 11 is 0. The Kier molecular flexibility index (Phi) is 4.79. The van der Waals surface area contributed by atoms with Gasteiger partial charge in [0.05, 0.1) is 0 Å². The lowest BCUT2D eigenvalue weighted by molar-refractivity contribution is -0.122. The van der Waals surface area contributed by atoms with E-state index in [2.05, 4.69) is 5.32 Å². The molecule has 0 aliphatic heterocycles. The van der Waals surface area contributed by atoms with Crippen molar-refractivity contribution in [2.45, 2.75) is 19.4 Å². The SMILES string of the molecule is CC[C@@H](N)c1ccc(OCC(=O)NC)cc1. The van der Waals surface area contributed by atoms with E-state index in [1.165, 1.54) is 0 Å². The van der Waals surface area contributed by atoms with E-state index in [4.69, 9.17) is 10.5 Å². The lowest BCUT2D eigenvalue weighted by Crippen LogP contribution is -2.24. The van der Waals surface area contributed by atoms with Crippen molar-refractivity contribution in [3.63, 3.8) is 0 Å². The van der Waals surface area contributed by atoms with Crippen LogP contribution < -0.4 is 15.8 Å². The van der Waals surface area contributed by atoms with Crippen LogP contribution in [-0.2, 0) is 4.79 Å². The number of carbonyl (C=O) groups excluding carboxylic acids is 1. The van der Waals surface area contributed by atoms with Gasteiger partial charge in [-0.05, 0) is 24.1 Å². The fourth-order valence-electron chi connectivity index (χ4n) is 1.27. The first-order chi connectivity index (χ1) is 7.67. The molecule has 0 radical (unpaired) electrons. The van der Waals surface area contributed by atoms with E-state index in [1.807, 2.05) is 31.2 Å². The normalized spacial score (nSPS) is 11.9. The highest BCUT2D eigenvalue weighted by atomic mass is 16.5. The second-order valence-corrected chi connectivity index (χ2v) is 3.55. The zero-order chi connectivity index (χ0) is 12.0. The van der Waals surface area contributed by atoms with Crippen molar-refractivity contribution in [1.29, 1.82) is 0 Å². The van der Waals surface area contributed by atoms with Crippen LogP contribution in [0.2, 0.25) is 0 Å². The molecule has 1 amide bonds. The number of hydrogen-bond acceptors (Lipinski definition) is 3. The molecule has 0 spiro atoms. The van der Waals surface area contributed by atoms with E-state index < -0.39 is 0 Å². The van der Waals surface area contributed by atoms with Crippen LogP contribution in [0, 0.1) is 0 Å². The number of benzene rings is 1. The van der Waals surface area contributed by atoms with Gasteiger partial charge in [-0.25, -0.2) is 0 Å². The summed E-state index contributed by atoms with van der Waals surface area (Å²) in [7, 11) is 1.58. The molecule has 4 heteroatoms. The lowest BCUT2D eigenvalue weighted by Gasteiger charge is -2.10. The molecule has 0 aromatic heterocycles. The highest BCUT2D eigenvalue weighted by Gasteiger charge is 2.04. The third kappa shape index (κ3) is 3.55. The Bertz CT molecular complexity index is 335. The number of carbonyl (C=O) groups is 1. The van der Waals surface area contributed by atoms with E-state index in [9.17, 15) is 4.79 Å². The van der Waals surface area contributed by atoms with E-state index in [-0.39, 0.29) is 18.6 Å². The molecule has 0 fully saturated rings. The van der Waals surface area contributed by atoms with E-state index in [0.717, 1.165) is 12.0 Å². The Morgan fingerprint density at radius 3 is 2.56 bits per heavy atom. The van der Waals surface area contributed by atoms with E-state index >= 15 is 0 Å². The van der Waals surface area contributed by atoms with Crippen LogP contribution >= 0.6 is 0 Å². The molecule has 0 aliphatic carbocycles. The maximum atomic E-state index is 11.0. The van der Waals surface area contributed by atoms with Crippen LogP contribution in [0.3, 0.4) is 0 Å². The molecule has 1 aromatic rings. The topological polar surface area (TPSA) is 64.3 Å². The van der Waals surface area contributed by atoms with Crippen LogP contribution in [0.15, 0.2) is 24.3 Å². The molecule has 1 atom stereocenters. The number of amides is 1. The van der Waals surface area contributed by atoms with Crippen LogP contribution in [-0.4, -0.2) is 19.6 Å². The molecule has 0 bridgehead atoms. The highest BCUT2D eigenvalue weighted by molar-refractivity contribution is 5.77. The van der Waals surface area contributed by atoms with E-state index in [1.54, 1.807) is 7.05 Å². The first kappa shape index (κ1) is 12.5. The molecule has 0 heterocycles. The van der Waals surface area contributed by atoms with Gasteiger partial charge in [0.25, 0.3) is 5.91 Å². The summed E-state index contributed by atoms with van der Waals surface area (Å²) in [4.78, 5) is 11.0. The van der Waals surface area contributed by atoms with Crippen molar-refractivity contribution in [2.24, 2.45) is 5.73 Å². The Labute approximate surface area is 95.8 Å². The van der Waals surface area contributed by atoms with Crippen molar-refractivity contribution in [1.82, 2.24) is 5.32 Å². The van der Waals surface area contributed by atoms with Crippen LogP contribution in [0.25, 0.3) is 0 Å². The molecule has 16 heavy (non-hydrogen) atoms. The summed E-state index contributed by atoms with van der Waals surface area (Å²) in [6, 6.07) is 7.57. The monoisotopic (exact) mass is 222 g/mol. The number of likely N-dealkylation sites (N-methyl/N-ethyl adjacent to an activating group) is 1. The minimum absolute atomic E-state index is 0.0374. The summed E-state index contributed by atoms with van der Waals surface area (Å²) in [5.41, 5.74) is 6.96. The van der Waals surface area contributed by atoms with Gasteiger partial charge >= 0.3 is 0 Å². The van der Waals surface area contributed by atoms with Gasteiger partial charge in [0.15, 0.2) is 6.61 Å². The van der Waals surface area contributed by atoms with Crippen molar-refractivity contribution in [2.75, 3.05) is 13.7 Å². The second-order valence-electron chi connectivity index (χ2n) is 3.55. The third-order valence-corrected chi connectivity index (χ3v) is 2.40. The molecule has 3 N–H and O–H groups in total. The van der Waals surface area contributed by atoms with Gasteiger partial charge in [0, 0.05) is 13.1 Å². The van der Waals surface area contributed by atoms with Gasteiger partial charge in [-0.15, -0.1) is 0 Å². The Morgan fingerprint density at radius 1 is 1.44 bits per heavy atom. The molecular weight excluding hydrogens is 204 g/mol. The standard InChI is InChI=1S/C12H18N2O2/c1-3-11(13)9-4-6-10(7-5-9)16-8-12(15)14-2/h4-7,11H,3,8,13H2,1-2H3,(H,14,15)/t11-/m1/s1. The fraction of sp³-hybridized carbons (Fsp3) is 0.417. The number of nitrogens with one attached hydrogen (secondary N) is 1. The minimum Gasteiger partial charge on any atom is -0.484 e. The predicted octanol–water partition coefficient (Wildman–Crippen LogP) is 1.22. The molecular formula is C12H18N2O2. The largest absolute Gasteiger partial charge is 0.484 e. The summed E-state index contributed by atoms with van der Waals surface area (Å²) in [5, 5.41) is 2.49. The Morgan fingerprint density at radius 2 is 2.06 bits per heavy atom. The average Bonchev–Trinajstić information content (AvgIpc) is 2.35. The summed E-state index contributed by atoms with van der Waals surface area (Å²) in [5.74, 6) is 0.532. The molecule has 0 saturated heterocycles. The quantitative estimate of drug-likeness (QED) is 0.787. The molecule has 1 rings (SSSR count). The van der Waals surface area contributed by atoms with Gasteiger partial charge in [-0.3, -0.25) is 4.79 Å². The van der Waals surface area contributed by atoms with Crippen molar-refractivity contribution >= 4 is 5.91 Å². The molecule has 0 saturated carbocycles. The van der Waals surface area contributed by atoms with Crippen LogP contribution in [0.4, 0.5) is 0 Å². The second kappa shape index (κ2) is 6.12. The van der Waals surface area contributed by atoms with Crippen LogP contribution in [0.1, 0.15) is 24.9 Å². The number of ether oxygens (including phenoxy) is 1. The Hall–Kier alpha value is -1.55. The first-order valence-electron chi connectivity index (χ1n) is 5.36. The van der Waals surface area contributed by atoms with Gasteiger partial charge in [0.1, 0.15) is 5.75 Å². The fourth-order valence-corrected chi connectivity index (χ4v) is 1.27. The van der Waals surface area contributed by atoms with Gasteiger partial charge in [-0.1, -0.05) is 19.1 Å². The van der Waals surface area contributed by atoms with E-state index in [0.29, 0.717) is 5.75 Å². The maximum absolute atomic E-state index is 11.0. The van der Waals surface area contributed by atoms with Crippen molar-refractivity contribution in [3.05, 3.63) is 29.8 Å². The smallest absolute Gasteiger partial charge is 0.257 e. The third-order valence-electron chi connectivity index (χ3n) is 2.40. The first-order valence-corrected chi connectivity index (χ1v) is 5.36. The Balaban J connectivity index is 2.54. The average molecular weight is 222 g/mol. The van der Waals surface area contributed by atoms with Gasteiger partial charge in [0.2, 0.25) is 0 Å². The minimum atomic E-state index is -0.144. The van der Waals surface area contributed by atoms with Gasteiger partial charge in [-0.2, -0.15) is 0 Å². The van der Waals surface area contributed by atoms with Gasteiger partial charge < -0.3 is 15.8 Å². The predicted molar refractivity (Wildman–Crippen MR) is 63.2 cm³/mol. The van der Waals surface area contributed by atoms with Crippen molar-refractivity contribution < 1.29 is 9.53 Å². The highest BCUT2D eigenvalue weighted by Crippen LogP contribution is 2.17. The number of rotatable bonds is 5. The zero-order valence-electron chi connectivity index (χ0n) is 9.69. The molecule has 0 aliphatic rings. The summed E-state index contributed by atoms with van der Waals surface area (Å²) in [6.07, 6.45) is 0.901. The lowest BCUT2D eigenvalue weighted by atomic mass is 10.1. The molecule has 0 unspecified atom stereocenters. The zero-order valence-corrected chi connectivity index (χ0v) is 9.69. The summed E-state index contributed by atoms with van der Waals surface area (Å²) in [6.45, 7) is 2.08. The van der Waals surface area contributed by atoms with Crippen molar-refractivity contribution in [3.8, 4) is 5.75 Å². The number of hydrogen-bond donors (Lipinski definition) is 2. The van der Waals surface area contributed by atoms with Crippen LogP contribution in [0.5, 0.6) is 5.75 Å². The molecule has 4 nitrogen and oxygen atoms in total. The molecule has 88 valence electrons. The molecule has 1 aromatic carbocycles. The maximum Gasteiger partial charge on any atom is 0.257 e.